The Morgan fingerprint density at radius 2 is 1.58 bits per heavy atom. The standard InChI is InChI=1S/C8H11PS.C2H6/c1-9(2)7-5-3-4-6-8(7)10;1-2/h3-6,10H,1-2H3;1-2H3. The van der Waals surface area contributed by atoms with E-state index >= 15 is 0 Å². The second kappa shape index (κ2) is 6.51. The van der Waals surface area contributed by atoms with Gasteiger partial charge in [-0.3, -0.25) is 0 Å². The van der Waals surface area contributed by atoms with Gasteiger partial charge in [-0.05, 0) is 24.7 Å². The Morgan fingerprint density at radius 3 is 1.92 bits per heavy atom. The maximum Gasteiger partial charge on any atom is 0.0117 e. The van der Waals surface area contributed by atoms with Crippen LogP contribution < -0.4 is 5.30 Å². The van der Waals surface area contributed by atoms with E-state index in [4.69, 9.17) is 0 Å². The van der Waals surface area contributed by atoms with Crippen LogP contribution in [0.25, 0.3) is 0 Å². The van der Waals surface area contributed by atoms with Crippen LogP contribution in [-0.4, -0.2) is 13.3 Å². The first-order chi connectivity index (χ1) is 5.72. The topological polar surface area (TPSA) is 0 Å². The maximum atomic E-state index is 4.35. The second-order valence-corrected chi connectivity index (χ2v) is 5.14. The highest BCUT2D eigenvalue weighted by Crippen LogP contribution is 2.26. The Balaban J connectivity index is 0.000000561. The van der Waals surface area contributed by atoms with Crippen LogP contribution in [0.4, 0.5) is 0 Å². The van der Waals surface area contributed by atoms with E-state index in [-0.39, 0.29) is 7.92 Å². The first-order valence-corrected chi connectivity index (χ1v) is 6.85. The van der Waals surface area contributed by atoms with Crippen molar-refractivity contribution < 1.29 is 0 Å². The minimum Gasteiger partial charge on any atom is -0.143 e. The van der Waals surface area contributed by atoms with Crippen molar-refractivity contribution in [3.05, 3.63) is 24.3 Å². The summed E-state index contributed by atoms with van der Waals surface area (Å²) in [5.41, 5.74) is 0. The zero-order valence-corrected chi connectivity index (χ0v) is 9.99. The summed E-state index contributed by atoms with van der Waals surface area (Å²) in [5.74, 6) is 0. The summed E-state index contributed by atoms with van der Waals surface area (Å²) in [4.78, 5) is 1.12. The smallest absolute Gasteiger partial charge is 0.0117 e. The molecule has 0 heterocycles. The zero-order chi connectivity index (χ0) is 9.56. The van der Waals surface area contributed by atoms with Gasteiger partial charge < -0.3 is 0 Å². The summed E-state index contributed by atoms with van der Waals surface area (Å²) in [6, 6.07) is 8.27. The SMILES string of the molecule is CC.CP(C)c1ccccc1S. The minimum atomic E-state index is 0.00720. The number of benzene rings is 1. The zero-order valence-electron chi connectivity index (χ0n) is 8.20. The van der Waals surface area contributed by atoms with E-state index in [9.17, 15) is 0 Å². The van der Waals surface area contributed by atoms with Crippen molar-refractivity contribution in [3.63, 3.8) is 0 Å². The van der Waals surface area contributed by atoms with Crippen LogP contribution in [0.2, 0.25) is 0 Å². The molecule has 0 bridgehead atoms. The van der Waals surface area contributed by atoms with E-state index in [1.54, 1.807) is 0 Å². The van der Waals surface area contributed by atoms with E-state index in [0.717, 1.165) is 4.90 Å². The highest BCUT2D eigenvalue weighted by atomic mass is 32.1. The third-order valence-electron chi connectivity index (χ3n) is 1.36. The van der Waals surface area contributed by atoms with Crippen molar-refractivity contribution in [3.8, 4) is 0 Å². The van der Waals surface area contributed by atoms with Crippen LogP contribution in [0.1, 0.15) is 13.8 Å². The summed E-state index contributed by atoms with van der Waals surface area (Å²) in [7, 11) is 0.00720. The van der Waals surface area contributed by atoms with Gasteiger partial charge in [-0.1, -0.05) is 40.0 Å². The summed E-state index contributed by atoms with van der Waals surface area (Å²) in [6.07, 6.45) is 0. The molecule has 0 aliphatic carbocycles. The van der Waals surface area contributed by atoms with Crippen LogP contribution in [-0.2, 0) is 0 Å². The lowest BCUT2D eigenvalue weighted by molar-refractivity contribution is 1.50. The molecule has 1 rings (SSSR count). The van der Waals surface area contributed by atoms with Crippen molar-refractivity contribution in [2.75, 3.05) is 13.3 Å². The Morgan fingerprint density at radius 1 is 1.08 bits per heavy atom. The molecule has 0 atom stereocenters. The lowest BCUT2D eigenvalue weighted by Crippen LogP contribution is -1.99. The highest BCUT2D eigenvalue weighted by Gasteiger charge is 1.99. The summed E-state index contributed by atoms with van der Waals surface area (Å²) in [5, 5.41) is 1.39. The molecule has 0 aromatic heterocycles. The fraction of sp³-hybridized carbons (Fsp3) is 0.400. The van der Waals surface area contributed by atoms with Crippen LogP contribution in [0.5, 0.6) is 0 Å². The van der Waals surface area contributed by atoms with Gasteiger partial charge in [-0.25, -0.2) is 0 Å². The minimum absolute atomic E-state index is 0.00720. The molecule has 0 aliphatic heterocycles. The molecule has 0 spiro atoms. The van der Waals surface area contributed by atoms with E-state index < -0.39 is 0 Å². The Bertz CT molecular complexity index is 221. The molecule has 68 valence electrons. The number of hydrogen-bond donors (Lipinski definition) is 1. The average Bonchev–Trinajstić information content (AvgIpc) is 2.08. The summed E-state index contributed by atoms with van der Waals surface area (Å²) in [6.45, 7) is 8.48. The largest absolute Gasteiger partial charge is 0.143 e. The van der Waals surface area contributed by atoms with Gasteiger partial charge in [-0.2, -0.15) is 0 Å². The van der Waals surface area contributed by atoms with E-state index in [1.807, 2.05) is 26.0 Å². The van der Waals surface area contributed by atoms with Crippen LogP contribution in [0.15, 0.2) is 29.2 Å². The van der Waals surface area contributed by atoms with Gasteiger partial charge in [0, 0.05) is 4.90 Å². The molecule has 0 saturated carbocycles. The van der Waals surface area contributed by atoms with Crippen LogP contribution in [0.3, 0.4) is 0 Å². The number of rotatable bonds is 1. The Hall–Kier alpha value is -0.0000000000000000555. The van der Waals surface area contributed by atoms with Crippen molar-refractivity contribution in [2.24, 2.45) is 0 Å². The van der Waals surface area contributed by atoms with Crippen molar-refractivity contribution in [1.82, 2.24) is 0 Å². The Kier molecular flexibility index (Phi) is 6.51. The van der Waals surface area contributed by atoms with Crippen LogP contribution in [0, 0.1) is 0 Å². The predicted molar refractivity (Wildman–Crippen MR) is 63.4 cm³/mol. The summed E-state index contributed by atoms with van der Waals surface area (Å²) >= 11 is 4.35. The van der Waals surface area contributed by atoms with Gasteiger partial charge >= 0.3 is 0 Å². The fourth-order valence-corrected chi connectivity index (χ4v) is 2.52. The van der Waals surface area contributed by atoms with Crippen LogP contribution >= 0.6 is 20.6 Å². The lowest BCUT2D eigenvalue weighted by Gasteiger charge is -2.07. The molecular formula is C10H17PS. The van der Waals surface area contributed by atoms with Gasteiger partial charge in [0.2, 0.25) is 0 Å². The quantitative estimate of drug-likeness (QED) is 0.521. The molecule has 0 fully saturated rings. The van der Waals surface area contributed by atoms with Gasteiger partial charge in [0.05, 0.1) is 0 Å². The maximum absolute atomic E-state index is 4.35. The van der Waals surface area contributed by atoms with Gasteiger partial charge in [-0.15, -0.1) is 12.6 Å². The molecule has 0 aliphatic rings. The normalized spacial score (nSPS) is 9.17. The second-order valence-electron chi connectivity index (χ2n) is 2.38. The Labute approximate surface area is 82.6 Å². The predicted octanol–water partition coefficient (Wildman–Crippen LogP) is 3.37. The van der Waals surface area contributed by atoms with Gasteiger partial charge in [0.15, 0.2) is 0 Å². The van der Waals surface area contributed by atoms with Gasteiger partial charge in [0.1, 0.15) is 0 Å². The lowest BCUT2D eigenvalue weighted by atomic mass is 10.4. The molecule has 0 unspecified atom stereocenters. The fourth-order valence-electron chi connectivity index (χ4n) is 0.842. The number of thiol groups is 1. The third-order valence-corrected chi connectivity index (χ3v) is 3.28. The molecule has 0 N–H and O–H groups in total. The average molecular weight is 200 g/mol. The molecule has 1 aromatic carbocycles. The monoisotopic (exact) mass is 200 g/mol. The molecule has 0 amide bonds. The van der Waals surface area contributed by atoms with Crippen molar-refractivity contribution >= 4 is 25.9 Å². The van der Waals surface area contributed by atoms with E-state index in [2.05, 4.69) is 38.1 Å². The summed E-state index contributed by atoms with van der Waals surface area (Å²) < 4.78 is 0. The first-order valence-electron chi connectivity index (χ1n) is 4.17. The van der Waals surface area contributed by atoms with Gasteiger partial charge in [0.25, 0.3) is 0 Å². The van der Waals surface area contributed by atoms with Crippen molar-refractivity contribution in [2.45, 2.75) is 18.7 Å². The molecule has 0 saturated heterocycles. The molecule has 1 aromatic rings. The molecule has 0 radical (unpaired) electrons. The van der Waals surface area contributed by atoms with Crippen molar-refractivity contribution in [1.29, 1.82) is 0 Å². The third kappa shape index (κ3) is 3.60. The number of hydrogen-bond acceptors (Lipinski definition) is 1. The molecule has 12 heavy (non-hydrogen) atoms. The highest BCUT2D eigenvalue weighted by molar-refractivity contribution is 7.81. The molecular weight excluding hydrogens is 183 g/mol. The van der Waals surface area contributed by atoms with E-state index in [1.165, 1.54) is 5.30 Å². The molecule has 2 heteroatoms. The molecule has 0 nitrogen and oxygen atoms in total. The van der Waals surface area contributed by atoms with E-state index in [0.29, 0.717) is 0 Å². The first kappa shape index (κ1) is 12.0.